The van der Waals surface area contributed by atoms with E-state index in [1.165, 1.54) is 16.8 Å². The van der Waals surface area contributed by atoms with Gasteiger partial charge in [-0.15, -0.1) is 0 Å². The minimum absolute atomic E-state index is 0.327. The molecule has 0 saturated heterocycles. The van der Waals surface area contributed by atoms with Crippen molar-refractivity contribution in [2.45, 2.75) is 53.8 Å². The fourth-order valence-corrected chi connectivity index (χ4v) is 4.35. The number of fused-ring (bicyclic) bond motifs is 1. The van der Waals surface area contributed by atoms with Crippen molar-refractivity contribution in [3.05, 3.63) is 63.7 Å². The first-order valence-electron chi connectivity index (χ1n) is 9.27. The summed E-state index contributed by atoms with van der Waals surface area (Å²) in [4.78, 5) is 4.85. The Morgan fingerprint density at radius 3 is 2.54 bits per heavy atom. The predicted molar refractivity (Wildman–Crippen MR) is 113 cm³/mol. The number of hydrogen-bond acceptors (Lipinski definition) is 1. The Morgan fingerprint density at radius 1 is 1.15 bits per heavy atom. The Hall–Kier alpha value is -1.73. The van der Waals surface area contributed by atoms with Crippen molar-refractivity contribution in [2.75, 3.05) is 0 Å². The molecule has 3 rings (SSSR count). The lowest BCUT2D eigenvalue weighted by atomic mass is 9.93. The van der Waals surface area contributed by atoms with Gasteiger partial charge in [-0.25, -0.2) is 9.38 Å². The molecule has 2 unspecified atom stereocenters. The highest BCUT2D eigenvalue weighted by Crippen LogP contribution is 2.31. The average molecular weight is 370 g/mol. The molecule has 2 aliphatic rings. The van der Waals surface area contributed by atoms with Crippen LogP contribution in [-0.2, 0) is 6.54 Å². The van der Waals surface area contributed by atoms with Crippen LogP contribution in [0.3, 0.4) is 0 Å². The molecule has 1 aromatic heterocycles. The van der Waals surface area contributed by atoms with E-state index in [9.17, 15) is 4.39 Å². The van der Waals surface area contributed by atoms with E-state index in [0.29, 0.717) is 5.92 Å². The molecule has 0 saturated carbocycles. The van der Waals surface area contributed by atoms with Crippen molar-refractivity contribution >= 4 is 20.8 Å². The van der Waals surface area contributed by atoms with Crippen LogP contribution in [0, 0.1) is 19.8 Å². The van der Waals surface area contributed by atoms with Crippen LogP contribution >= 0.6 is 9.24 Å². The summed E-state index contributed by atoms with van der Waals surface area (Å²) in [5.41, 5.74) is 8.61. The molecule has 0 N–H and O–H groups in total. The minimum atomic E-state index is -0.990. The van der Waals surface area contributed by atoms with Gasteiger partial charge in [0.1, 0.15) is 6.17 Å². The van der Waals surface area contributed by atoms with Gasteiger partial charge in [-0.05, 0) is 68.0 Å². The Bertz CT molecular complexity index is 876. The second-order valence-electron chi connectivity index (χ2n) is 7.42. The van der Waals surface area contributed by atoms with Gasteiger partial charge < -0.3 is 4.57 Å². The van der Waals surface area contributed by atoms with Crippen LogP contribution < -0.4 is 0 Å². The number of alkyl halides is 1. The third kappa shape index (κ3) is 3.42. The molecule has 0 bridgehead atoms. The molecule has 4 heteroatoms. The molecule has 138 valence electrons. The maximum absolute atomic E-state index is 14.3. The fraction of sp³-hybridized carbons (Fsp3) is 0.409. The maximum atomic E-state index is 14.3. The number of halogens is 1. The predicted octanol–water partition coefficient (Wildman–Crippen LogP) is 5.91. The minimum Gasteiger partial charge on any atom is -0.335 e. The van der Waals surface area contributed by atoms with Crippen molar-refractivity contribution in [1.82, 2.24) is 4.57 Å². The van der Waals surface area contributed by atoms with Crippen LogP contribution in [0.5, 0.6) is 0 Å². The number of rotatable bonds is 4. The Balaban J connectivity index is 2.05. The highest BCUT2D eigenvalue weighted by atomic mass is 31.0. The summed E-state index contributed by atoms with van der Waals surface area (Å²) in [6.07, 6.45) is 10.2. The topological polar surface area (TPSA) is 17.3 Å². The number of hydrogen-bond donors (Lipinski definition) is 0. The van der Waals surface area contributed by atoms with Gasteiger partial charge in [0.25, 0.3) is 0 Å². The molecular formula is C22H28FN2P. The molecule has 0 radical (unpaired) electrons. The molecule has 2 nitrogen and oxygen atoms in total. The molecule has 1 aliphatic heterocycles. The second-order valence-corrected chi connectivity index (χ2v) is 7.97. The van der Waals surface area contributed by atoms with Crippen molar-refractivity contribution in [2.24, 2.45) is 10.9 Å². The molecule has 1 aromatic rings. The van der Waals surface area contributed by atoms with Crippen LogP contribution in [0.4, 0.5) is 4.39 Å². The average Bonchev–Trinajstić information content (AvgIpc) is 3.03. The molecule has 0 fully saturated rings. The van der Waals surface area contributed by atoms with Crippen LogP contribution in [-0.4, -0.2) is 16.2 Å². The largest absolute Gasteiger partial charge is 0.335 e. The van der Waals surface area contributed by atoms with Gasteiger partial charge in [-0.3, -0.25) is 0 Å². The monoisotopic (exact) mass is 370 g/mol. The summed E-state index contributed by atoms with van der Waals surface area (Å²) >= 11 is 0. The van der Waals surface area contributed by atoms with Crippen molar-refractivity contribution in [3.8, 4) is 0 Å². The van der Waals surface area contributed by atoms with E-state index >= 15 is 0 Å². The van der Waals surface area contributed by atoms with Gasteiger partial charge in [-0.2, -0.15) is 0 Å². The van der Waals surface area contributed by atoms with E-state index in [-0.39, 0.29) is 0 Å². The number of allylic oxidation sites excluding steroid dienone is 6. The highest BCUT2D eigenvalue weighted by molar-refractivity contribution is 7.42. The summed E-state index contributed by atoms with van der Waals surface area (Å²) in [6, 6.07) is 0. The van der Waals surface area contributed by atoms with Gasteiger partial charge >= 0.3 is 0 Å². The van der Waals surface area contributed by atoms with Gasteiger partial charge in [0.2, 0.25) is 0 Å². The molecular weight excluding hydrogens is 342 g/mol. The van der Waals surface area contributed by atoms with E-state index in [1.54, 1.807) is 6.92 Å². The summed E-state index contributed by atoms with van der Waals surface area (Å²) in [7, 11) is 2.78. The fourth-order valence-electron chi connectivity index (χ4n) is 3.83. The first kappa shape index (κ1) is 19.0. The zero-order valence-electron chi connectivity index (χ0n) is 16.3. The van der Waals surface area contributed by atoms with Crippen molar-refractivity contribution in [1.29, 1.82) is 0 Å². The third-order valence-electron chi connectivity index (χ3n) is 5.34. The second kappa shape index (κ2) is 7.48. The number of aromatic nitrogens is 1. The van der Waals surface area contributed by atoms with Crippen LogP contribution in [0.15, 0.2) is 46.1 Å². The summed E-state index contributed by atoms with van der Waals surface area (Å²) in [5, 5.41) is 0. The summed E-state index contributed by atoms with van der Waals surface area (Å²) < 4.78 is 16.6. The molecule has 0 aromatic carbocycles. The summed E-state index contributed by atoms with van der Waals surface area (Å²) in [6.45, 7) is 11.0. The van der Waals surface area contributed by atoms with E-state index in [0.717, 1.165) is 41.0 Å². The van der Waals surface area contributed by atoms with Crippen LogP contribution in [0.25, 0.3) is 6.08 Å². The maximum Gasteiger partial charge on any atom is 0.122 e. The SMILES string of the molecule is Cc1c(C)c(C(P)=NC2=CC(C(C)F)=C(C(C)C)CC=C2)n2c1C=CC2. The third-order valence-corrected chi connectivity index (χ3v) is 5.75. The Morgan fingerprint density at radius 2 is 1.88 bits per heavy atom. The summed E-state index contributed by atoms with van der Waals surface area (Å²) in [5.74, 6) is 0.327. The highest BCUT2D eigenvalue weighted by Gasteiger charge is 2.21. The standard InChI is InChI=1S/C22H28FN2P/c1-13(2)18-9-6-8-17(12-19(18)16(5)23)24-22(26)21-15(4)14(3)20-10-7-11-25(20)21/h6-8,10,12-13,16H,9,11,26H2,1-5H3. The smallest absolute Gasteiger partial charge is 0.122 e. The van der Waals surface area contributed by atoms with Crippen LogP contribution in [0.1, 0.15) is 49.7 Å². The molecule has 26 heavy (non-hydrogen) atoms. The first-order valence-corrected chi connectivity index (χ1v) is 9.85. The first-order chi connectivity index (χ1) is 12.3. The quantitative estimate of drug-likeness (QED) is 0.463. The zero-order chi connectivity index (χ0) is 19.0. The Kier molecular flexibility index (Phi) is 5.48. The van der Waals surface area contributed by atoms with Gasteiger partial charge in [0.15, 0.2) is 0 Å². The lowest BCUT2D eigenvalue weighted by molar-refractivity contribution is 0.411. The number of nitrogens with zero attached hydrogens (tertiary/aromatic N) is 2. The lowest BCUT2D eigenvalue weighted by Gasteiger charge is -2.15. The van der Waals surface area contributed by atoms with Crippen LogP contribution in [0.2, 0.25) is 0 Å². The van der Waals surface area contributed by atoms with E-state index in [1.807, 2.05) is 12.2 Å². The molecule has 2 heterocycles. The lowest BCUT2D eigenvalue weighted by Crippen LogP contribution is -2.06. The van der Waals surface area contributed by atoms with E-state index in [4.69, 9.17) is 4.99 Å². The van der Waals surface area contributed by atoms with E-state index < -0.39 is 6.17 Å². The zero-order valence-corrected chi connectivity index (χ0v) is 17.5. The van der Waals surface area contributed by atoms with Gasteiger partial charge in [0, 0.05) is 12.2 Å². The molecule has 1 aliphatic carbocycles. The normalized spacial score (nSPS) is 18.5. The number of aliphatic imine (C=N–C) groups is 1. The molecule has 0 amide bonds. The molecule has 2 atom stereocenters. The van der Waals surface area contributed by atoms with Crippen molar-refractivity contribution < 1.29 is 4.39 Å². The van der Waals surface area contributed by atoms with Gasteiger partial charge in [-0.1, -0.05) is 40.8 Å². The van der Waals surface area contributed by atoms with E-state index in [2.05, 4.69) is 59.7 Å². The Labute approximate surface area is 158 Å². The van der Waals surface area contributed by atoms with Crippen molar-refractivity contribution in [3.63, 3.8) is 0 Å². The van der Waals surface area contributed by atoms with Gasteiger partial charge in [0.05, 0.1) is 16.8 Å². The molecule has 0 spiro atoms.